The summed E-state index contributed by atoms with van der Waals surface area (Å²) in [5, 5.41) is 11.0. The Hall–Kier alpha value is -3.27. The van der Waals surface area contributed by atoms with Gasteiger partial charge >= 0.3 is 0 Å². The summed E-state index contributed by atoms with van der Waals surface area (Å²) >= 11 is 8.22. The van der Waals surface area contributed by atoms with Crippen molar-refractivity contribution in [1.82, 2.24) is 4.90 Å². The number of hydrogen-bond acceptors (Lipinski definition) is 6. The van der Waals surface area contributed by atoms with Gasteiger partial charge in [0.15, 0.2) is 0 Å². The Morgan fingerprint density at radius 3 is 2.39 bits per heavy atom. The van der Waals surface area contributed by atoms with Crippen molar-refractivity contribution in [2.75, 3.05) is 36.1 Å². The lowest BCUT2D eigenvalue weighted by Gasteiger charge is -2.40. The van der Waals surface area contributed by atoms with E-state index in [1.165, 1.54) is 0 Å². The van der Waals surface area contributed by atoms with Crippen LogP contribution >= 0.6 is 23.4 Å². The number of aliphatic hydroxyl groups is 1. The van der Waals surface area contributed by atoms with Crippen molar-refractivity contribution in [3.8, 4) is 5.75 Å². The molecule has 1 N–H and O–H groups in total. The van der Waals surface area contributed by atoms with Gasteiger partial charge in [-0.15, -0.1) is 24.9 Å². The Bertz CT molecular complexity index is 1470. The summed E-state index contributed by atoms with van der Waals surface area (Å²) in [5.74, 6) is -1.16. The first kappa shape index (κ1) is 34.1. The molecule has 46 heavy (non-hydrogen) atoms. The van der Waals surface area contributed by atoms with Gasteiger partial charge in [0.25, 0.3) is 5.91 Å². The maximum absolute atomic E-state index is 14.9. The van der Waals surface area contributed by atoms with Crippen LogP contribution in [0.5, 0.6) is 5.75 Å². The molecule has 6 atom stereocenters. The highest BCUT2D eigenvalue weighted by Gasteiger charge is 2.74. The molecule has 3 fully saturated rings. The van der Waals surface area contributed by atoms with Gasteiger partial charge in [0.1, 0.15) is 11.8 Å². The third-order valence-electron chi connectivity index (χ3n) is 9.36. The second kappa shape index (κ2) is 14.2. The lowest BCUT2D eigenvalue weighted by Crippen LogP contribution is -2.58. The fraction of sp³-hybridized carbons (Fsp3) is 0.472. The summed E-state index contributed by atoms with van der Waals surface area (Å²) in [6, 6.07) is 13.0. The second-order valence-corrected chi connectivity index (χ2v) is 14.6. The Morgan fingerprint density at radius 1 is 1.11 bits per heavy atom. The maximum Gasteiger partial charge on any atom is 0.251 e. The number of benzene rings is 2. The predicted molar refractivity (Wildman–Crippen MR) is 185 cm³/mol. The molecule has 1 spiro atoms. The van der Waals surface area contributed by atoms with Crippen LogP contribution in [0.4, 0.5) is 11.4 Å². The third kappa shape index (κ3) is 5.98. The Balaban J connectivity index is 1.59. The van der Waals surface area contributed by atoms with Crippen molar-refractivity contribution in [1.29, 1.82) is 0 Å². The molecule has 3 aliphatic heterocycles. The number of hydrogen-bond donors (Lipinski definition) is 1. The number of ether oxygens (including phenoxy) is 1. The largest absolute Gasteiger partial charge is 0.494 e. The Morgan fingerprint density at radius 2 is 1.78 bits per heavy atom. The van der Waals surface area contributed by atoms with Crippen LogP contribution in [0.1, 0.15) is 40.0 Å². The quantitative estimate of drug-likeness (QED) is 0.250. The summed E-state index contributed by atoms with van der Waals surface area (Å²) in [6.45, 7) is 14.5. The highest BCUT2D eigenvalue weighted by molar-refractivity contribution is 8.02. The number of rotatable bonds is 14. The summed E-state index contributed by atoms with van der Waals surface area (Å²) in [6.07, 6.45) is 5.16. The van der Waals surface area contributed by atoms with Crippen LogP contribution in [0.25, 0.3) is 0 Å². The van der Waals surface area contributed by atoms with Crippen LogP contribution in [-0.2, 0) is 14.4 Å². The zero-order chi connectivity index (χ0) is 33.2. The predicted octanol–water partition coefficient (Wildman–Crippen LogP) is 5.98. The summed E-state index contributed by atoms with van der Waals surface area (Å²) in [5.41, 5.74) is 1.22. The van der Waals surface area contributed by atoms with Crippen molar-refractivity contribution < 1.29 is 24.2 Å². The van der Waals surface area contributed by atoms with Crippen molar-refractivity contribution in [2.24, 2.45) is 17.8 Å². The maximum atomic E-state index is 14.9. The van der Waals surface area contributed by atoms with Crippen molar-refractivity contribution in [3.05, 3.63) is 78.9 Å². The molecule has 0 aliphatic carbocycles. The fourth-order valence-corrected chi connectivity index (χ4v) is 10.1. The number of fused-ring (bicyclic) bond motifs is 1. The lowest BCUT2D eigenvalue weighted by molar-refractivity contribution is -0.142. The SMILES string of the molecule is C=CCN(C(=O)[C@@H]1[C@@H]2CCC3(S2)C(C(=O)N(CC=C)c2ccccc2Cl)N([C@@H](CO)CC(C)C)C(=O)[C@H]13)c1ccc(OCC)cc1. The molecule has 0 radical (unpaired) electrons. The molecule has 2 aromatic rings. The van der Waals surface area contributed by atoms with Gasteiger partial charge in [-0.05, 0) is 68.5 Å². The van der Waals surface area contributed by atoms with Crippen molar-refractivity contribution in [3.63, 3.8) is 0 Å². The van der Waals surface area contributed by atoms with Crippen LogP contribution in [0.3, 0.4) is 0 Å². The molecule has 3 aliphatic rings. The van der Waals surface area contributed by atoms with Gasteiger partial charge in [0, 0.05) is 24.0 Å². The number of carbonyl (C=O) groups is 3. The standard InChI is InChI=1S/C36H44ClN3O5S/c1-6-19-38(24-13-15-26(16-14-24)45-8-3)33(42)30-29-17-18-36(46-29)31(30)34(43)40(25(22-41)21-23(4)5)32(36)35(44)39(20-7-2)28-12-10-9-11-27(28)37/h6-7,9-16,23,25,29-32,41H,1-2,8,17-22H2,3-5H3/t25-,29+,30-,31+,32?,36?/m1/s1. The van der Waals surface area contributed by atoms with Gasteiger partial charge in [-0.2, -0.15) is 0 Å². The lowest BCUT2D eigenvalue weighted by atomic mass is 9.70. The number of nitrogens with zero attached hydrogens (tertiary/aromatic N) is 3. The first-order chi connectivity index (χ1) is 22.1. The van der Waals surface area contributed by atoms with E-state index in [-0.39, 0.29) is 48.6 Å². The second-order valence-electron chi connectivity index (χ2n) is 12.6. The van der Waals surface area contributed by atoms with Gasteiger partial charge in [0.05, 0.1) is 46.5 Å². The van der Waals surface area contributed by atoms with Gasteiger partial charge in [-0.1, -0.05) is 49.7 Å². The molecule has 2 bridgehead atoms. The monoisotopic (exact) mass is 665 g/mol. The molecule has 3 heterocycles. The first-order valence-electron chi connectivity index (χ1n) is 16.1. The average molecular weight is 666 g/mol. The highest BCUT2D eigenvalue weighted by Crippen LogP contribution is 2.67. The van der Waals surface area contributed by atoms with Crippen LogP contribution in [-0.4, -0.2) is 76.1 Å². The number of amides is 3. The van der Waals surface area contributed by atoms with E-state index in [1.807, 2.05) is 51.1 Å². The zero-order valence-electron chi connectivity index (χ0n) is 26.8. The number of likely N-dealkylation sites (tertiary alicyclic amines) is 1. The van der Waals surface area contributed by atoms with Gasteiger partial charge in [-0.3, -0.25) is 14.4 Å². The van der Waals surface area contributed by atoms with E-state index in [1.54, 1.807) is 56.8 Å². The Kier molecular flexibility index (Phi) is 10.5. The molecule has 2 aromatic carbocycles. The van der Waals surface area contributed by atoms with E-state index < -0.39 is 28.7 Å². The van der Waals surface area contributed by atoms with E-state index >= 15 is 0 Å². The molecular formula is C36H44ClN3O5S. The molecular weight excluding hydrogens is 622 g/mol. The molecule has 0 saturated carbocycles. The summed E-state index contributed by atoms with van der Waals surface area (Å²) in [7, 11) is 0. The van der Waals surface area contributed by atoms with Crippen molar-refractivity contribution in [2.45, 2.75) is 62.1 Å². The fourth-order valence-electron chi connectivity index (χ4n) is 7.64. The minimum Gasteiger partial charge on any atom is -0.494 e. The number of halogens is 1. The number of carbonyl (C=O) groups excluding carboxylic acids is 3. The molecule has 5 rings (SSSR count). The number of anilines is 2. The topological polar surface area (TPSA) is 90.4 Å². The zero-order valence-corrected chi connectivity index (χ0v) is 28.4. The third-order valence-corrected chi connectivity index (χ3v) is 11.6. The van der Waals surface area contributed by atoms with E-state index in [0.717, 1.165) is 0 Å². The average Bonchev–Trinajstić information content (AvgIpc) is 3.69. The molecule has 2 unspecified atom stereocenters. The van der Waals surface area contributed by atoms with Gasteiger partial charge in [-0.25, -0.2) is 0 Å². The van der Waals surface area contributed by atoms with Gasteiger partial charge in [0.2, 0.25) is 11.8 Å². The highest BCUT2D eigenvalue weighted by atomic mass is 35.5. The summed E-state index contributed by atoms with van der Waals surface area (Å²) < 4.78 is 4.78. The van der Waals surface area contributed by atoms with Crippen LogP contribution < -0.4 is 14.5 Å². The number of aliphatic hydroxyl groups excluding tert-OH is 1. The number of thioether (sulfide) groups is 1. The number of para-hydroxylation sites is 1. The minimum absolute atomic E-state index is 0.125. The molecule has 10 heteroatoms. The van der Waals surface area contributed by atoms with E-state index in [0.29, 0.717) is 48.0 Å². The summed E-state index contributed by atoms with van der Waals surface area (Å²) in [4.78, 5) is 49.2. The van der Waals surface area contributed by atoms with Crippen molar-refractivity contribution >= 4 is 52.5 Å². The smallest absolute Gasteiger partial charge is 0.251 e. The van der Waals surface area contributed by atoms with Gasteiger partial charge < -0.3 is 24.5 Å². The van der Waals surface area contributed by atoms with E-state index in [4.69, 9.17) is 16.3 Å². The molecule has 246 valence electrons. The molecule has 3 amide bonds. The minimum atomic E-state index is -0.886. The Labute approximate surface area is 281 Å². The van der Waals surface area contributed by atoms with E-state index in [2.05, 4.69) is 13.2 Å². The van der Waals surface area contributed by atoms with Crippen LogP contribution in [0, 0.1) is 17.8 Å². The molecule has 0 aromatic heterocycles. The van der Waals surface area contributed by atoms with E-state index in [9.17, 15) is 19.5 Å². The first-order valence-corrected chi connectivity index (χ1v) is 17.3. The molecule has 3 saturated heterocycles. The van der Waals surface area contributed by atoms with Crippen LogP contribution in [0.2, 0.25) is 5.02 Å². The van der Waals surface area contributed by atoms with Crippen LogP contribution in [0.15, 0.2) is 73.8 Å². The molecule has 8 nitrogen and oxygen atoms in total. The normalized spacial score (nSPS) is 25.3.